The Balaban J connectivity index is 1.29. The summed E-state index contributed by atoms with van der Waals surface area (Å²) in [6.45, 7) is 4.07. The molecular formula is C21H20ClN3OS2. The van der Waals surface area contributed by atoms with Crippen molar-refractivity contribution < 1.29 is 4.79 Å². The second-order valence-corrected chi connectivity index (χ2v) is 8.94. The highest BCUT2D eigenvalue weighted by atomic mass is 35.5. The maximum Gasteiger partial charge on any atom is 0.246 e. The average Bonchev–Trinajstić information content (AvgIpc) is 3.39. The van der Waals surface area contributed by atoms with Gasteiger partial charge < -0.3 is 4.90 Å². The van der Waals surface area contributed by atoms with Gasteiger partial charge in [-0.05, 0) is 29.7 Å². The lowest BCUT2D eigenvalue weighted by molar-refractivity contribution is -0.127. The summed E-state index contributed by atoms with van der Waals surface area (Å²) in [5.74, 6) is 0.0901. The summed E-state index contributed by atoms with van der Waals surface area (Å²) < 4.78 is 0. The molecule has 3 heterocycles. The van der Waals surface area contributed by atoms with E-state index in [1.807, 2.05) is 52.8 Å². The molecule has 7 heteroatoms. The van der Waals surface area contributed by atoms with Crippen LogP contribution in [0, 0.1) is 0 Å². The van der Waals surface area contributed by atoms with Crippen LogP contribution >= 0.6 is 34.3 Å². The topological polar surface area (TPSA) is 36.4 Å². The number of carbonyl (C=O) groups excluding carboxylic acids is 1. The van der Waals surface area contributed by atoms with Gasteiger partial charge in [0.05, 0.1) is 12.2 Å². The summed E-state index contributed by atoms with van der Waals surface area (Å²) in [5, 5.41) is 5.94. The number of nitrogens with zero attached hydrogens (tertiary/aromatic N) is 3. The molecule has 1 saturated heterocycles. The van der Waals surface area contributed by atoms with Crippen molar-refractivity contribution in [3.05, 3.63) is 68.1 Å². The van der Waals surface area contributed by atoms with Crippen molar-refractivity contribution in [2.75, 3.05) is 26.2 Å². The molecule has 0 N–H and O–H groups in total. The van der Waals surface area contributed by atoms with Gasteiger partial charge in [0.15, 0.2) is 0 Å². The van der Waals surface area contributed by atoms with Crippen LogP contribution in [0.15, 0.2) is 53.2 Å². The van der Waals surface area contributed by atoms with E-state index in [1.165, 1.54) is 0 Å². The molecule has 1 amide bonds. The van der Waals surface area contributed by atoms with Gasteiger partial charge in [-0.15, -0.1) is 22.7 Å². The quantitative estimate of drug-likeness (QED) is 0.542. The molecule has 1 aliphatic heterocycles. The first-order chi connectivity index (χ1) is 13.7. The first kappa shape index (κ1) is 19.3. The minimum Gasteiger partial charge on any atom is -0.337 e. The number of piperazine rings is 1. The van der Waals surface area contributed by atoms with E-state index < -0.39 is 0 Å². The van der Waals surface area contributed by atoms with E-state index in [1.54, 1.807) is 28.7 Å². The molecule has 4 rings (SSSR count). The summed E-state index contributed by atoms with van der Waals surface area (Å²) in [5.41, 5.74) is 2.07. The average molecular weight is 430 g/mol. The normalized spacial score (nSPS) is 15.4. The molecule has 3 aromatic rings. The first-order valence-electron chi connectivity index (χ1n) is 9.10. The molecule has 1 aromatic carbocycles. The van der Waals surface area contributed by atoms with Crippen molar-refractivity contribution in [2.24, 2.45) is 0 Å². The van der Waals surface area contributed by atoms with Crippen molar-refractivity contribution in [1.82, 2.24) is 14.8 Å². The van der Waals surface area contributed by atoms with E-state index >= 15 is 0 Å². The zero-order chi connectivity index (χ0) is 19.3. The van der Waals surface area contributed by atoms with E-state index in [2.05, 4.69) is 10.3 Å². The molecule has 1 aliphatic rings. The Bertz CT molecular complexity index is 942. The first-order valence-corrected chi connectivity index (χ1v) is 11.2. The molecule has 0 spiro atoms. The number of thiophene rings is 1. The fourth-order valence-corrected chi connectivity index (χ4v) is 4.69. The largest absolute Gasteiger partial charge is 0.337 e. The Kier molecular flexibility index (Phi) is 6.22. The van der Waals surface area contributed by atoms with Crippen LogP contribution in [0.1, 0.15) is 9.88 Å². The van der Waals surface area contributed by atoms with E-state index in [9.17, 15) is 4.79 Å². The van der Waals surface area contributed by atoms with Crippen LogP contribution in [-0.4, -0.2) is 46.9 Å². The molecule has 1 fully saturated rings. The number of amides is 1. The van der Waals surface area contributed by atoms with E-state index in [0.29, 0.717) is 0 Å². The number of carbonyl (C=O) groups is 1. The van der Waals surface area contributed by atoms with Gasteiger partial charge in [-0.2, -0.15) is 0 Å². The lowest BCUT2D eigenvalue weighted by Gasteiger charge is -2.33. The zero-order valence-electron chi connectivity index (χ0n) is 15.3. The van der Waals surface area contributed by atoms with Crippen LogP contribution in [-0.2, 0) is 11.3 Å². The molecule has 0 unspecified atom stereocenters. The fourth-order valence-electron chi connectivity index (χ4n) is 3.10. The Morgan fingerprint density at radius 3 is 2.61 bits per heavy atom. The highest BCUT2D eigenvalue weighted by Gasteiger charge is 2.20. The predicted octanol–water partition coefficient (Wildman–Crippen LogP) is 4.88. The van der Waals surface area contributed by atoms with Crippen LogP contribution in [0.4, 0.5) is 0 Å². The standard InChI is InChI=1S/C21H20ClN3OS2/c22-17-5-3-16(4-6-17)19-15-28-20(23-19)14-24-9-11-25(12-10-24)21(26)8-7-18-2-1-13-27-18/h1-8,13,15H,9-12,14H2/b8-7+. The van der Waals surface area contributed by atoms with Crippen LogP contribution in [0.5, 0.6) is 0 Å². The minimum atomic E-state index is 0.0901. The molecule has 0 saturated carbocycles. The molecule has 0 bridgehead atoms. The molecule has 2 aromatic heterocycles. The molecule has 4 nitrogen and oxygen atoms in total. The molecule has 0 atom stereocenters. The minimum absolute atomic E-state index is 0.0901. The van der Waals surface area contributed by atoms with E-state index in [-0.39, 0.29) is 5.91 Å². The SMILES string of the molecule is O=C(/C=C/c1cccs1)N1CCN(Cc2nc(-c3ccc(Cl)cc3)cs2)CC1. The molecule has 28 heavy (non-hydrogen) atoms. The monoisotopic (exact) mass is 429 g/mol. The Morgan fingerprint density at radius 2 is 1.89 bits per heavy atom. The third-order valence-corrected chi connectivity index (χ3v) is 6.59. The molecule has 0 radical (unpaired) electrons. The molecule has 144 valence electrons. The van der Waals surface area contributed by atoms with Crippen molar-refractivity contribution in [3.63, 3.8) is 0 Å². The van der Waals surface area contributed by atoms with Gasteiger partial charge in [-0.25, -0.2) is 4.98 Å². The lowest BCUT2D eigenvalue weighted by atomic mass is 10.2. The number of hydrogen-bond acceptors (Lipinski definition) is 5. The van der Waals surface area contributed by atoms with Crippen LogP contribution in [0.25, 0.3) is 17.3 Å². The van der Waals surface area contributed by atoms with Crippen LogP contribution in [0.2, 0.25) is 5.02 Å². The van der Waals surface area contributed by atoms with Crippen molar-refractivity contribution >= 4 is 46.3 Å². The number of benzene rings is 1. The second-order valence-electron chi connectivity index (χ2n) is 6.58. The fraction of sp³-hybridized carbons (Fsp3) is 0.238. The zero-order valence-corrected chi connectivity index (χ0v) is 17.6. The van der Waals surface area contributed by atoms with Crippen LogP contribution < -0.4 is 0 Å². The van der Waals surface area contributed by atoms with E-state index in [4.69, 9.17) is 16.6 Å². The Morgan fingerprint density at radius 1 is 1.11 bits per heavy atom. The summed E-state index contributed by atoms with van der Waals surface area (Å²) in [7, 11) is 0. The van der Waals surface area contributed by atoms with Gasteiger partial charge in [0.2, 0.25) is 5.91 Å². The third kappa shape index (κ3) is 4.89. The highest BCUT2D eigenvalue weighted by Crippen LogP contribution is 2.24. The number of thiazole rings is 1. The van der Waals surface area contributed by atoms with Gasteiger partial charge in [-0.1, -0.05) is 29.8 Å². The summed E-state index contributed by atoms with van der Waals surface area (Å²) in [6, 6.07) is 11.8. The Hall–Kier alpha value is -1.99. The second kappa shape index (κ2) is 9.01. The van der Waals surface area contributed by atoms with Gasteiger partial charge in [0, 0.05) is 53.1 Å². The van der Waals surface area contributed by atoms with Crippen molar-refractivity contribution in [3.8, 4) is 11.3 Å². The summed E-state index contributed by atoms with van der Waals surface area (Å²) in [6.07, 6.45) is 3.58. The number of halogens is 1. The number of hydrogen-bond donors (Lipinski definition) is 0. The van der Waals surface area contributed by atoms with Crippen molar-refractivity contribution in [2.45, 2.75) is 6.54 Å². The van der Waals surface area contributed by atoms with Gasteiger partial charge >= 0.3 is 0 Å². The van der Waals surface area contributed by atoms with Gasteiger partial charge in [-0.3, -0.25) is 9.69 Å². The van der Waals surface area contributed by atoms with Gasteiger partial charge in [0.1, 0.15) is 5.01 Å². The lowest BCUT2D eigenvalue weighted by Crippen LogP contribution is -2.47. The van der Waals surface area contributed by atoms with Gasteiger partial charge in [0.25, 0.3) is 0 Å². The number of aromatic nitrogens is 1. The highest BCUT2D eigenvalue weighted by molar-refractivity contribution is 7.10. The summed E-state index contributed by atoms with van der Waals surface area (Å²) in [4.78, 5) is 22.5. The smallest absolute Gasteiger partial charge is 0.246 e. The predicted molar refractivity (Wildman–Crippen MR) is 118 cm³/mol. The molecular weight excluding hydrogens is 410 g/mol. The maximum absolute atomic E-state index is 12.3. The third-order valence-electron chi connectivity index (χ3n) is 4.67. The van der Waals surface area contributed by atoms with Crippen LogP contribution in [0.3, 0.4) is 0 Å². The Labute approximate surface area is 177 Å². The van der Waals surface area contributed by atoms with Crippen molar-refractivity contribution in [1.29, 1.82) is 0 Å². The van der Waals surface area contributed by atoms with E-state index in [0.717, 1.165) is 58.9 Å². The maximum atomic E-state index is 12.3. The summed E-state index contributed by atoms with van der Waals surface area (Å²) >= 11 is 9.27. The molecule has 0 aliphatic carbocycles. The number of rotatable bonds is 5.